The molecule has 0 atom stereocenters. The fraction of sp³-hybridized carbons (Fsp3) is 0.118. The molecule has 1 aromatic heterocycles. The molecule has 0 spiro atoms. The van der Waals surface area contributed by atoms with Gasteiger partial charge in [0.1, 0.15) is 5.58 Å². The molecule has 1 heterocycles. The Kier molecular flexibility index (Phi) is 3.47. The highest BCUT2D eigenvalue weighted by atomic mass is 16.4. The molecular weight excluding hydrogens is 280 g/mol. The highest BCUT2D eigenvalue weighted by Gasteiger charge is 2.13. The molecule has 2 aromatic carbocycles. The molecule has 0 amide bonds. The molecule has 5 nitrogen and oxygen atoms in total. The number of hydrogen-bond acceptors (Lipinski definition) is 5. The van der Waals surface area contributed by atoms with Gasteiger partial charge in [0.05, 0.1) is 11.1 Å². The van der Waals surface area contributed by atoms with Crippen LogP contribution >= 0.6 is 0 Å². The van der Waals surface area contributed by atoms with Crippen molar-refractivity contribution in [3.05, 3.63) is 64.0 Å². The number of benzene rings is 2. The van der Waals surface area contributed by atoms with Crippen molar-refractivity contribution in [1.82, 2.24) is 0 Å². The molecule has 0 saturated carbocycles. The van der Waals surface area contributed by atoms with E-state index in [0.717, 1.165) is 11.1 Å². The van der Waals surface area contributed by atoms with E-state index in [4.69, 9.17) is 4.42 Å². The minimum atomic E-state index is -0.717. The summed E-state index contributed by atoms with van der Waals surface area (Å²) >= 11 is 0. The predicted molar refractivity (Wildman–Crippen MR) is 84.2 cm³/mol. The second kappa shape index (κ2) is 5.44. The van der Waals surface area contributed by atoms with Crippen molar-refractivity contribution < 1.29 is 9.52 Å². The Labute approximate surface area is 126 Å². The van der Waals surface area contributed by atoms with Crippen LogP contribution in [0, 0.1) is 13.8 Å². The lowest BCUT2D eigenvalue weighted by atomic mass is 10.1. The highest BCUT2D eigenvalue weighted by molar-refractivity contribution is 5.87. The Morgan fingerprint density at radius 1 is 1.05 bits per heavy atom. The van der Waals surface area contributed by atoms with Gasteiger partial charge in [0.2, 0.25) is 5.69 Å². The summed E-state index contributed by atoms with van der Waals surface area (Å²) in [7, 11) is 0. The van der Waals surface area contributed by atoms with Gasteiger partial charge in [0.15, 0.2) is 5.75 Å². The Morgan fingerprint density at radius 3 is 2.64 bits per heavy atom. The van der Waals surface area contributed by atoms with E-state index in [0.29, 0.717) is 16.7 Å². The predicted octanol–water partition coefficient (Wildman–Crippen LogP) is 4.53. The van der Waals surface area contributed by atoms with Crippen LogP contribution in [-0.2, 0) is 0 Å². The van der Waals surface area contributed by atoms with Gasteiger partial charge in [0.25, 0.3) is 0 Å². The summed E-state index contributed by atoms with van der Waals surface area (Å²) in [5.41, 5.74) is 2.01. The van der Waals surface area contributed by atoms with Crippen LogP contribution in [0.2, 0.25) is 0 Å². The Morgan fingerprint density at radius 2 is 1.82 bits per heavy atom. The van der Waals surface area contributed by atoms with Crippen molar-refractivity contribution in [2.24, 2.45) is 10.2 Å². The molecule has 0 aliphatic rings. The lowest BCUT2D eigenvalue weighted by molar-refractivity contribution is 0.469. The van der Waals surface area contributed by atoms with Gasteiger partial charge < -0.3 is 9.52 Å². The van der Waals surface area contributed by atoms with E-state index in [9.17, 15) is 9.90 Å². The average molecular weight is 294 g/mol. The van der Waals surface area contributed by atoms with Crippen LogP contribution in [0.1, 0.15) is 11.1 Å². The van der Waals surface area contributed by atoms with E-state index >= 15 is 0 Å². The van der Waals surface area contributed by atoms with Crippen LogP contribution in [0.5, 0.6) is 5.75 Å². The van der Waals surface area contributed by atoms with Gasteiger partial charge in [-0.05, 0) is 43.2 Å². The number of rotatable bonds is 2. The van der Waals surface area contributed by atoms with E-state index in [-0.39, 0.29) is 11.4 Å². The summed E-state index contributed by atoms with van der Waals surface area (Å²) in [5, 5.41) is 18.6. The third-order valence-corrected chi connectivity index (χ3v) is 3.38. The smallest absolute Gasteiger partial charge is 0.368 e. The molecule has 0 radical (unpaired) electrons. The van der Waals surface area contributed by atoms with Crippen molar-refractivity contribution in [2.45, 2.75) is 13.8 Å². The summed E-state index contributed by atoms with van der Waals surface area (Å²) in [6.07, 6.45) is 0. The van der Waals surface area contributed by atoms with Crippen LogP contribution in [0.4, 0.5) is 11.4 Å². The Hall–Kier alpha value is -2.95. The van der Waals surface area contributed by atoms with E-state index in [2.05, 4.69) is 10.2 Å². The van der Waals surface area contributed by atoms with Crippen LogP contribution < -0.4 is 5.63 Å². The van der Waals surface area contributed by atoms with Gasteiger partial charge in [-0.1, -0.05) is 24.3 Å². The minimum Gasteiger partial charge on any atom is -0.505 e. The maximum atomic E-state index is 11.9. The highest BCUT2D eigenvalue weighted by Crippen LogP contribution is 2.32. The van der Waals surface area contributed by atoms with Crippen LogP contribution in [0.15, 0.2) is 61.9 Å². The quantitative estimate of drug-likeness (QED) is 0.557. The van der Waals surface area contributed by atoms with E-state index < -0.39 is 5.63 Å². The van der Waals surface area contributed by atoms with Gasteiger partial charge in [-0.3, -0.25) is 0 Å². The zero-order valence-electron chi connectivity index (χ0n) is 12.2. The average Bonchev–Trinajstić information content (AvgIpc) is 2.50. The summed E-state index contributed by atoms with van der Waals surface area (Å²) < 4.78 is 5.15. The van der Waals surface area contributed by atoms with Crippen molar-refractivity contribution in [1.29, 1.82) is 0 Å². The molecule has 3 aromatic rings. The molecule has 1 N–H and O–H groups in total. The maximum absolute atomic E-state index is 11.9. The van der Waals surface area contributed by atoms with Crippen LogP contribution in [0.25, 0.3) is 11.0 Å². The summed E-state index contributed by atoms with van der Waals surface area (Å²) in [5.74, 6) is -0.221. The van der Waals surface area contributed by atoms with Crippen molar-refractivity contribution >= 4 is 22.3 Å². The molecule has 0 fully saturated rings. The first-order chi connectivity index (χ1) is 10.6. The molecule has 22 heavy (non-hydrogen) atoms. The molecule has 5 heteroatoms. The first kappa shape index (κ1) is 14.0. The van der Waals surface area contributed by atoms with Crippen molar-refractivity contribution in [3.63, 3.8) is 0 Å². The number of nitrogens with zero attached hydrogens (tertiary/aromatic N) is 2. The monoisotopic (exact) mass is 294 g/mol. The second-order valence-electron chi connectivity index (χ2n) is 5.07. The maximum Gasteiger partial charge on any atom is 0.368 e. The molecule has 0 aliphatic heterocycles. The van der Waals surface area contributed by atoms with Gasteiger partial charge in [-0.25, -0.2) is 4.79 Å². The molecule has 0 saturated heterocycles. The zero-order chi connectivity index (χ0) is 15.7. The number of para-hydroxylation sites is 1. The van der Waals surface area contributed by atoms with E-state index in [1.165, 1.54) is 0 Å². The Balaban J connectivity index is 2.13. The Bertz CT molecular complexity index is 942. The summed E-state index contributed by atoms with van der Waals surface area (Å²) in [6.45, 7) is 3.84. The lowest BCUT2D eigenvalue weighted by Gasteiger charge is -2.02. The number of hydrogen-bond donors (Lipinski definition) is 1. The summed E-state index contributed by atoms with van der Waals surface area (Å²) in [4.78, 5) is 11.9. The minimum absolute atomic E-state index is 0.195. The number of fused-ring (bicyclic) bond motifs is 1. The molecule has 0 aliphatic carbocycles. The first-order valence-electron chi connectivity index (χ1n) is 6.80. The SMILES string of the molecule is Cc1ccc(C)c(N=Nc2c(O)c3ccccc3oc2=O)c1. The van der Waals surface area contributed by atoms with E-state index in [1.807, 2.05) is 32.0 Å². The third-order valence-electron chi connectivity index (χ3n) is 3.38. The third kappa shape index (κ3) is 2.48. The van der Waals surface area contributed by atoms with Gasteiger partial charge in [-0.2, -0.15) is 0 Å². The largest absolute Gasteiger partial charge is 0.505 e. The number of azo groups is 1. The molecular formula is C17H14N2O3. The van der Waals surface area contributed by atoms with Crippen molar-refractivity contribution in [3.8, 4) is 5.75 Å². The van der Waals surface area contributed by atoms with Gasteiger partial charge in [0, 0.05) is 0 Å². The van der Waals surface area contributed by atoms with Crippen LogP contribution in [-0.4, -0.2) is 5.11 Å². The normalized spacial score (nSPS) is 11.4. The lowest BCUT2D eigenvalue weighted by Crippen LogP contribution is -1.98. The van der Waals surface area contributed by atoms with Gasteiger partial charge >= 0.3 is 5.63 Å². The molecule has 0 bridgehead atoms. The van der Waals surface area contributed by atoms with Crippen LogP contribution in [0.3, 0.4) is 0 Å². The standard InChI is InChI=1S/C17H14N2O3/c1-10-7-8-11(2)13(9-10)18-19-15-16(20)12-5-3-4-6-14(12)22-17(15)21/h3-9,20H,1-2H3. The van der Waals surface area contributed by atoms with Crippen molar-refractivity contribution in [2.75, 3.05) is 0 Å². The molecule has 3 rings (SSSR count). The van der Waals surface area contributed by atoms with E-state index in [1.54, 1.807) is 24.3 Å². The second-order valence-corrected chi connectivity index (χ2v) is 5.07. The molecule has 0 unspecified atom stereocenters. The number of aryl methyl sites for hydroxylation is 2. The summed E-state index contributed by atoms with van der Waals surface area (Å²) in [6, 6.07) is 12.5. The first-order valence-corrected chi connectivity index (χ1v) is 6.80. The zero-order valence-corrected chi connectivity index (χ0v) is 12.2. The fourth-order valence-electron chi connectivity index (χ4n) is 2.14. The van der Waals surface area contributed by atoms with Gasteiger partial charge in [-0.15, -0.1) is 10.2 Å². The molecule has 110 valence electrons. The topological polar surface area (TPSA) is 75.2 Å². The number of aromatic hydroxyl groups is 1. The fourth-order valence-corrected chi connectivity index (χ4v) is 2.14.